The van der Waals surface area contributed by atoms with E-state index >= 15 is 0 Å². The van der Waals surface area contributed by atoms with Gasteiger partial charge < -0.3 is 14.5 Å². The summed E-state index contributed by atoms with van der Waals surface area (Å²) >= 11 is 0. The fourth-order valence-electron chi connectivity index (χ4n) is 2.00. The van der Waals surface area contributed by atoms with Gasteiger partial charge in [-0.05, 0) is 36.4 Å². The third kappa shape index (κ3) is 3.48. The molecule has 2 rings (SSSR count). The fourth-order valence-corrected chi connectivity index (χ4v) is 3.59. The van der Waals surface area contributed by atoms with Crippen molar-refractivity contribution < 1.29 is 22.4 Å². The third-order valence-electron chi connectivity index (χ3n) is 3.16. The number of furan rings is 1. The number of hydrogen-bond acceptors (Lipinski definition) is 5. The molecule has 0 radical (unpaired) electrons. The van der Waals surface area contributed by atoms with Crippen LogP contribution in [-0.4, -0.2) is 28.0 Å². The van der Waals surface area contributed by atoms with Gasteiger partial charge in [0.25, 0.3) is 0 Å². The summed E-state index contributed by atoms with van der Waals surface area (Å²) in [5.74, 6) is 0.543. The largest absolute Gasteiger partial charge is 0.497 e. The van der Waals surface area contributed by atoms with Gasteiger partial charge in [-0.1, -0.05) is 0 Å². The molecular weight excluding hydrogens is 306 g/mol. The Labute approximate surface area is 129 Å². The molecule has 0 aliphatic rings. The lowest BCUT2D eigenvalue weighted by molar-refractivity contribution is -0.118. The number of hydrogen-bond donors (Lipinski definition) is 1. The molecule has 0 saturated carbocycles. The van der Waals surface area contributed by atoms with Gasteiger partial charge in [0.1, 0.15) is 16.8 Å². The summed E-state index contributed by atoms with van der Waals surface area (Å²) in [6.07, 6.45) is 1.40. The first kappa shape index (κ1) is 16.1. The molecule has 1 unspecified atom stereocenters. The van der Waals surface area contributed by atoms with Crippen molar-refractivity contribution >= 4 is 15.7 Å². The molecule has 1 heterocycles. The number of nitrogens with one attached hydrogen (secondary N) is 1. The summed E-state index contributed by atoms with van der Waals surface area (Å²) in [7, 11) is -2.20. The number of rotatable bonds is 6. The highest BCUT2D eigenvalue weighted by Crippen LogP contribution is 2.29. The van der Waals surface area contributed by atoms with E-state index in [4.69, 9.17) is 9.15 Å². The highest BCUT2D eigenvalue weighted by molar-refractivity contribution is 7.91. The number of amides is 1. The number of sulfone groups is 1. The van der Waals surface area contributed by atoms with E-state index in [0.29, 0.717) is 5.75 Å². The maximum atomic E-state index is 12.8. The van der Waals surface area contributed by atoms with Crippen LogP contribution < -0.4 is 10.1 Å². The van der Waals surface area contributed by atoms with E-state index in [1.807, 2.05) is 0 Å². The standard InChI is InChI=1S/C15H17NO5S/c1-11(17)16-10-15(14-4-3-9-21-14)22(18,19)13-7-5-12(20-2)6-8-13/h3-9,15H,10H2,1-2H3,(H,16,17). The van der Waals surface area contributed by atoms with Crippen molar-refractivity contribution in [3.05, 3.63) is 48.4 Å². The van der Waals surface area contributed by atoms with E-state index in [2.05, 4.69) is 5.32 Å². The van der Waals surface area contributed by atoms with E-state index in [1.54, 1.807) is 24.3 Å². The van der Waals surface area contributed by atoms with Gasteiger partial charge in [0.05, 0.1) is 18.3 Å². The average Bonchev–Trinajstić information content (AvgIpc) is 3.01. The maximum Gasteiger partial charge on any atom is 0.216 e. The van der Waals surface area contributed by atoms with Crippen LogP contribution in [0.2, 0.25) is 0 Å². The van der Waals surface area contributed by atoms with Crippen molar-refractivity contribution in [2.24, 2.45) is 0 Å². The van der Waals surface area contributed by atoms with Crippen LogP contribution >= 0.6 is 0 Å². The second-order valence-electron chi connectivity index (χ2n) is 4.66. The van der Waals surface area contributed by atoms with E-state index < -0.39 is 15.1 Å². The monoisotopic (exact) mass is 323 g/mol. The first-order valence-electron chi connectivity index (χ1n) is 6.61. The molecule has 1 atom stereocenters. The molecule has 0 fully saturated rings. The molecule has 0 bridgehead atoms. The minimum Gasteiger partial charge on any atom is -0.497 e. The summed E-state index contributed by atoms with van der Waals surface area (Å²) in [5.41, 5.74) is 0. The van der Waals surface area contributed by atoms with Crippen molar-refractivity contribution in [3.63, 3.8) is 0 Å². The Morgan fingerprint density at radius 1 is 1.27 bits per heavy atom. The van der Waals surface area contributed by atoms with Crippen molar-refractivity contribution in [2.75, 3.05) is 13.7 Å². The summed E-state index contributed by atoms with van der Waals surface area (Å²) in [6, 6.07) is 9.28. The first-order chi connectivity index (χ1) is 10.4. The highest BCUT2D eigenvalue weighted by atomic mass is 32.2. The van der Waals surface area contributed by atoms with E-state index in [1.165, 1.54) is 32.4 Å². The van der Waals surface area contributed by atoms with Crippen LogP contribution in [0.3, 0.4) is 0 Å². The van der Waals surface area contributed by atoms with Gasteiger partial charge in [0.2, 0.25) is 5.91 Å². The van der Waals surface area contributed by atoms with Gasteiger partial charge in [0.15, 0.2) is 9.84 Å². The molecule has 0 aliphatic heterocycles. The molecule has 22 heavy (non-hydrogen) atoms. The Morgan fingerprint density at radius 3 is 2.45 bits per heavy atom. The molecular formula is C15H17NO5S. The molecule has 0 aliphatic carbocycles. The Kier molecular flexibility index (Phi) is 4.87. The lowest BCUT2D eigenvalue weighted by atomic mass is 10.3. The molecule has 7 heteroatoms. The zero-order valence-electron chi connectivity index (χ0n) is 12.3. The first-order valence-corrected chi connectivity index (χ1v) is 8.15. The predicted molar refractivity (Wildman–Crippen MR) is 80.3 cm³/mol. The van der Waals surface area contributed by atoms with Crippen LogP contribution in [0.1, 0.15) is 17.9 Å². The van der Waals surface area contributed by atoms with Crippen molar-refractivity contribution in [1.29, 1.82) is 0 Å². The summed E-state index contributed by atoms with van der Waals surface area (Å²) in [5, 5.41) is 1.54. The predicted octanol–water partition coefficient (Wildman–Crippen LogP) is 1.94. The average molecular weight is 323 g/mol. The van der Waals surface area contributed by atoms with Crippen molar-refractivity contribution in [2.45, 2.75) is 17.1 Å². The Balaban J connectivity index is 2.37. The molecule has 1 N–H and O–H groups in total. The number of carbonyl (C=O) groups is 1. The van der Waals surface area contributed by atoms with Crippen LogP contribution in [0.5, 0.6) is 5.75 Å². The Hall–Kier alpha value is -2.28. The van der Waals surface area contributed by atoms with E-state index in [0.717, 1.165) is 0 Å². The normalized spacial score (nSPS) is 12.6. The van der Waals surface area contributed by atoms with Crippen molar-refractivity contribution in [1.82, 2.24) is 5.32 Å². The SMILES string of the molecule is COc1ccc(S(=O)(=O)C(CNC(C)=O)c2ccco2)cc1. The maximum absolute atomic E-state index is 12.8. The lowest BCUT2D eigenvalue weighted by Gasteiger charge is -2.16. The smallest absolute Gasteiger partial charge is 0.216 e. The number of carbonyl (C=O) groups excluding carboxylic acids is 1. The summed E-state index contributed by atoms with van der Waals surface area (Å²) < 4.78 is 35.8. The minimum atomic E-state index is -3.71. The molecule has 0 saturated heterocycles. The fraction of sp³-hybridized carbons (Fsp3) is 0.267. The van der Waals surface area contributed by atoms with Gasteiger partial charge in [-0.3, -0.25) is 4.79 Å². The van der Waals surface area contributed by atoms with Crippen LogP contribution in [0.4, 0.5) is 0 Å². The second-order valence-corrected chi connectivity index (χ2v) is 6.79. The minimum absolute atomic E-state index is 0.0583. The molecule has 2 aromatic rings. The Morgan fingerprint density at radius 2 is 1.95 bits per heavy atom. The zero-order valence-corrected chi connectivity index (χ0v) is 13.1. The van der Waals surface area contributed by atoms with E-state index in [9.17, 15) is 13.2 Å². The van der Waals surface area contributed by atoms with Crippen LogP contribution in [-0.2, 0) is 14.6 Å². The van der Waals surface area contributed by atoms with Gasteiger partial charge >= 0.3 is 0 Å². The molecule has 1 amide bonds. The van der Waals surface area contributed by atoms with Crippen molar-refractivity contribution in [3.8, 4) is 5.75 Å². The quantitative estimate of drug-likeness (QED) is 0.878. The van der Waals surface area contributed by atoms with Crippen LogP contribution in [0, 0.1) is 0 Å². The number of benzene rings is 1. The summed E-state index contributed by atoms with van der Waals surface area (Å²) in [4.78, 5) is 11.3. The number of ether oxygens (including phenoxy) is 1. The molecule has 1 aromatic carbocycles. The zero-order chi connectivity index (χ0) is 16.2. The molecule has 1 aromatic heterocycles. The molecule has 6 nitrogen and oxygen atoms in total. The second kappa shape index (κ2) is 6.65. The highest BCUT2D eigenvalue weighted by Gasteiger charge is 2.31. The molecule has 118 valence electrons. The van der Waals surface area contributed by atoms with Crippen LogP contribution in [0.25, 0.3) is 0 Å². The van der Waals surface area contributed by atoms with Crippen LogP contribution in [0.15, 0.2) is 52.0 Å². The molecule has 0 spiro atoms. The van der Waals surface area contributed by atoms with Gasteiger partial charge in [-0.15, -0.1) is 0 Å². The topological polar surface area (TPSA) is 85.6 Å². The van der Waals surface area contributed by atoms with Gasteiger partial charge in [0, 0.05) is 13.5 Å². The third-order valence-corrected chi connectivity index (χ3v) is 5.24. The van der Waals surface area contributed by atoms with Gasteiger partial charge in [-0.25, -0.2) is 8.42 Å². The number of methoxy groups -OCH3 is 1. The van der Waals surface area contributed by atoms with E-state index in [-0.39, 0.29) is 23.1 Å². The van der Waals surface area contributed by atoms with Gasteiger partial charge in [-0.2, -0.15) is 0 Å². The lowest BCUT2D eigenvalue weighted by Crippen LogP contribution is -2.30. The summed E-state index contributed by atoms with van der Waals surface area (Å²) in [6.45, 7) is 1.27. The Bertz CT molecular complexity index is 720.